The number of nitrogens with zero attached hydrogens (tertiary/aromatic N) is 6. The van der Waals surface area contributed by atoms with Crippen LogP contribution in [0.25, 0.3) is 31.9 Å². The van der Waals surface area contributed by atoms with Crippen molar-refractivity contribution < 1.29 is 38.4 Å². The first-order chi connectivity index (χ1) is 29.5. The van der Waals surface area contributed by atoms with Crippen LogP contribution < -0.4 is 0 Å². The van der Waals surface area contributed by atoms with Crippen LogP contribution in [-0.2, 0) is 38.4 Å². The van der Waals surface area contributed by atoms with Gasteiger partial charge in [-0.15, -0.1) is 51.4 Å². The maximum absolute atomic E-state index is 5.70. The Kier molecular flexibility index (Phi) is 25.8. The van der Waals surface area contributed by atoms with Crippen LogP contribution in [0.4, 0.5) is 0 Å². The van der Waals surface area contributed by atoms with Crippen molar-refractivity contribution in [1.29, 1.82) is 0 Å². The molecule has 8 aliphatic rings. The molecule has 10 nitrogen and oxygen atoms in total. The number of rotatable bonds is 13. The third-order valence-corrected chi connectivity index (χ3v) is 16.1. The number of alkyl halides is 2. The van der Waals surface area contributed by atoms with E-state index in [2.05, 4.69) is 71.4 Å². The Morgan fingerprint density at radius 2 is 1.03 bits per heavy atom. The van der Waals surface area contributed by atoms with Gasteiger partial charge >= 0.3 is 19.5 Å². The van der Waals surface area contributed by atoms with Gasteiger partial charge in [-0.25, -0.2) is 0 Å². The summed E-state index contributed by atoms with van der Waals surface area (Å²) in [5, 5.41) is 28.8. The standard InChI is InChI=1S/C28H48Br2N2O4.C10H18N2.C10H14N2.Ru/c1-33-17-35-15-19-7-23(11-25(29)9-19)21-3-5-27(31-13-21)28-6-4-22(14-32-28)24-8-20(10-26(30)12-24)16-36-18-34-2;2*1-3-7-11-9(5-1)10-6-2-4-8-12-10;/h19-28H,3-18H2,1-2H3;9-10H,1-8H2;1,3,5,10H,2,4,6-8H2;/q3*-2;+8. The van der Waals surface area contributed by atoms with Crippen molar-refractivity contribution in [2.75, 3.05) is 80.3 Å². The van der Waals surface area contributed by atoms with E-state index in [0.29, 0.717) is 65.3 Å². The van der Waals surface area contributed by atoms with Crippen molar-refractivity contribution in [2.45, 2.75) is 162 Å². The summed E-state index contributed by atoms with van der Waals surface area (Å²) >= 11 is 7.86. The number of hydrogen-bond acceptors (Lipinski definition) is 4. The molecule has 61 heavy (non-hydrogen) atoms. The van der Waals surface area contributed by atoms with E-state index < -0.39 is 0 Å². The summed E-state index contributed by atoms with van der Waals surface area (Å²) in [4.78, 5) is 1.22. The van der Waals surface area contributed by atoms with Gasteiger partial charge in [-0.05, 0) is 62.2 Å². The van der Waals surface area contributed by atoms with E-state index in [1.54, 1.807) is 14.2 Å². The van der Waals surface area contributed by atoms with Crippen molar-refractivity contribution in [2.24, 2.45) is 35.5 Å². The Morgan fingerprint density at radius 1 is 0.541 bits per heavy atom. The molecule has 5 saturated heterocycles. The molecular formula is C48H80Br2N6O4Ru+2. The topological polar surface area (TPSA) is 122 Å². The summed E-state index contributed by atoms with van der Waals surface area (Å²) in [5.41, 5.74) is 1.19. The van der Waals surface area contributed by atoms with Gasteiger partial charge in [-0.3, -0.25) is 0 Å². The molecule has 0 aromatic heterocycles. The van der Waals surface area contributed by atoms with E-state index >= 15 is 0 Å². The number of ether oxygens (including phenoxy) is 4. The van der Waals surface area contributed by atoms with Gasteiger partial charge in [0.1, 0.15) is 13.6 Å². The van der Waals surface area contributed by atoms with Crippen molar-refractivity contribution >= 4 is 31.9 Å². The number of hydrogen-bond donors (Lipinski definition) is 0. The first-order valence-corrected chi connectivity index (χ1v) is 26.1. The number of allylic oxidation sites excluding steroid dienone is 2. The van der Waals surface area contributed by atoms with Gasteiger partial charge in [0.15, 0.2) is 0 Å². The Hall–Kier alpha value is 0.503. The quantitative estimate of drug-likeness (QED) is 0.0789. The Labute approximate surface area is 401 Å². The molecule has 0 N–H and O–H groups in total. The molecule has 0 aromatic carbocycles. The summed E-state index contributed by atoms with van der Waals surface area (Å²) in [5.74, 6) is 4.27. The molecule has 7 fully saturated rings. The van der Waals surface area contributed by atoms with Gasteiger partial charge in [0.2, 0.25) is 0 Å². The number of halogens is 2. The van der Waals surface area contributed by atoms with E-state index in [9.17, 15) is 0 Å². The number of piperidine rings is 5. The summed E-state index contributed by atoms with van der Waals surface area (Å²) in [6.07, 6.45) is 30.6. The maximum Gasteiger partial charge on any atom is 8.00 e. The fraction of sp³-hybridized carbons (Fsp3) is 0.917. The summed E-state index contributed by atoms with van der Waals surface area (Å²) in [6.45, 7) is 8.58. The molecular weight excluding hydrogens is 985 g/mol. The average Bonchev–Trinajstić information content (AvgIpc) is 3.31. The van der Waals surface area contributed by atoms with E-state index in [1.165, 1.54) is 128 Å². The van der Waals surface area contributed by atoms with E-state index in [1.807, 2.05) is 0 Å². The Morgan fingerprint density at radius 3 is 1.43 bits per heavy atom. The monoisotopic (exact) mass is 1060 g/mol. The fourth-order valence-corrected chi connectivity index (χ4v) is 13.5. The van der Waals surface area contributed by atoms with Crippen molar-refractivity contribution in [3.8, 4) is 0 Å². The smallest absolute Gasteiger partial charge is 0.686 e. The van der Waals surface area contributed by atoms with Crippen LogP contribution >= 0.6 is 31.9 Å². The Bertz CT molecular complexity index is 1140. The zero-order chi connectivity index (χ0) is 41.8. The summed E-state index contributed by atoms with van der Waals surface area (Å²) < 4.78 is 21.5. The van der Waals surface area contributed by atoms with Gasteiger partial charge in [0.25, 0.3) is 0 Å². The average molecular weight is 1070 g/mol. The van der Waals surface area contributed by atoms with Gasteiger partial charge in [0.05, 0.1) is 13.2 Å². The molecule has 8 rings (SSSR count). The van der Waals surface area contributed by atoms with E-state index in [4.69, 9.17) is 29.6 Å². The SMILES string of the molecule is C1=CC[N-]C(C2CCCC[N-]2)=C1.C1CCC(C2CCCC[N-]2)[N-]C1.COCOCC1CC(Br)CC(C2CCC(C3CCC(C4CC(Br)CC(COCOC)C4)C[N-]3)[N-]C2)C1.[Ru+8]. The van der Waals surface area contributed by atoms with Gasteiger partial charge < -0.3 is 50.8 Å². The molecule has 346 valence electrons. The van der Waals surface area contributed by atoms with Crippen LogP contribution in [0.2, 0.25) is 0 Å². The molecule has 0 amide bonds. The molecule has 0 spiro atoms. The van der Waals surface area contributed by atoms with Crippen LogP contribution in [-0.4, -0.2) is 120 Å². The van der Waals surface area contributed by atoms with Gasteiger partial charge in [-0.1, -0.05) is 139 Å². The van der Waals surface area contributed by atoms with Crippen LogP contribution in [0.3, 0.4) is 0 Å². The minimum absolute atomic E-state index is 0. The van der Waals surface area contributed by atoms with Crippen LogP contribution in [0.5, 0.6) is 0 Å². The molecule has 13 atom stereocenters. The first-order valence-electron chi connectivity index (χ1n) is 24.3. The third kappa shape index (κ3) is 18.3. The van der Waals surface area contributed by atoms with Crippen molar-refractivity contribution in [3.05, 3.63) is 55.8 Å². The molecule has 2 aliphatic carbocycles. The maximum atomic E-state index is 5.70. The molecule has 0 aromatic rings. The van der Waals surface area contributed by atoms with E-state index in [-0.39, 0.29) is 19.5 Å². The van der Waals surface area contributed by atoms with Crippen molar-refractivity contribution in [1.82, 2.24) is 0 Å². The zero-order valence-corrected chi connectivity index (χ0v) is 42.6. The molecule has 13 unspecified atom stereocenters. The molecule has 13 heteroatoms. The summed E-state index contributed by atoms with van der Waals surface area (Å²) in [6, 6.07) is 2.51. The molecule has 0 radical (unpaired) electrons. The molecule has 6 aliphatic heterocycles. The van der Waals surface area contributed by atoms with E-state index in [0.717, 1.165) is 76.2 Å². The normalized spacial score (nSPS) is 38.2. The third-order valence-electron chi connectivity index (χ3n) is 14.6. The second-order valence-corrected chi connectivity index (χ2v) is 21.8. The van der Waals surface area contributed by atoms with Crippen LogP contribution in [0.15, 0.2) is 23.9 Å². The van der Waals surface area contributed by atoms with Crippen LogP contribution in [0.1, 0.15) is 122 Å². The predicted octanol–water partition coefficient (Wildman–Crippen LogP) is 12.5. The predicted molar refractivity (Wildman–Crippen MR) is 255 cm³/mol. The Balaban J connectivity index is 0.000000226. The van der Waals surface area contributed by atoms with Crippen LogP contribution in [0, 0.1) is 35.5 Å². The number of methoxy groups -OCH3 is 2. The zero-order valence-electron chi connectivity index (χ0n) is 37.7. The minimum Gasteiger partial charge on any atom is -0.686 e. The van der Waals surface area contributed by atoms with Gasteiger partial charge in [0, 0.05) is 23.9 Å². The first kappa shape index (κ1) is 52.5. The van der Waals surface area contributed by atoms with Crippen molar-refractivity contribution in [3.63, 3.8) is 0 Å². The second-order valence-electron chi connectivity index (χ2n) is 19.2. The second kappa shape index (κ2) is 30.0. The largest absolute Gasteiger partial charge is 8.00 e. The molecule has 2 saturated carbocycles. The molecule has 6 heterocycles. The van der Waals surface area contributed by atoms with Gasteiger partial charge in [-0.2, -0.15) is 29.9 Å². The molecule has 0 bridgehead atoms. The minimum atomic E-state index is 0. The fourth-order valence-electron chi connectivity index (χ4n) is 11.5. The summed E-state index contributed by atoms with van der Waals surface area (Å²) in [7, 11) is 3.39.